The first-order valence-electron chi connectivity index (χ1n) is 12.5. The van der Waals surface area contributed by atoms with Gasteiger partial charge in [-0.1, -0.05) is 30.3 Å². The Kier molecular flexibility index (Phi) is 8.94. The molecule has 1 saturated heterocycles. The number of carbonyl (C=O) groups excluding carboxylic acids is 1. The first-order valence-corrected chi connectivity index (χ1v) is 12.5. The third-order valence-electron chi connectivity index (χ3n) is 6.06. The van der Waals surface area contributed by atoms with E-state index in [2.05, 4.69) is 50.7 Å². The molecule has 4 rings (SSSR count). The number of ether oxygens (including phenoxy) is 2. The van der Waals surface area contributed by atoms with Crippen LogP contribution in [0.4, 0.5) is 5.69 Å². The van der Waals surface area contributed by atoms with Crippen molar-refractivity contribution in [2.45, 2.75) is 20.4 Å². The van der Waals surface area contributed by atoms with Gasteiger partial charge in [-0.25, -0.2) is 5.43 Å². The van der Waals surface area contributed by atoms with Gasteiger partial charge in [-0.15, -0.1) is 0 Å². The molecule has 0 bridgehead atoms. The van der Waals surface area contributed by atoms with Crippen LogP contribution in [0.25, 0.3) is 0 Å². The van der Waals surface area contributed by atoms with Gasteiger partial charge in [-0.2, -0.15) is 5.10 Å². The number of benzene rings is 3. The van der Waals surface area contributed by atoms with E-state index >= 15 is 0 Å². The number of para-hydroxylation sites is 1. The fourth-order valence-corrected chi connectivity index (χ4v) is 4.20. The molecule has 0 aliphatic carbocycles. The van der Waals surface area contributed by atoms with Gasteiger partial charge >= 0.3 is 0 Å². The van der Waals surface area contributed by atoms with Crippen molar-refractivity contribution >= 4 is 17.8 Å². The lowest BCUT2D eigenvalue weighted by molar-refractivity contribution is 0.0955. The molecule has 3 aromatic carbocycles. The van der Waals surface area contributed by atoms with Crippen molar-refractivity contribution in [3.05, 3.63) is 89.5 Å². The van der Waals surface area contributed by atoms with E-state index in [-0.39, 0.29) is 5.91 Å². The second kappa shape index (κ2) is 12.7. The maximum absolute atomic E-state index is 12.5. The van der Waals surface area contributed by atoms with Gasteiger partial charge < -0.3 is 14.4 Å². The maximum atomic E-state index is 12.5. The summed E-state index contributed by atoms with van der Waals surface area (Å²) >= 11 is 0. The highest BCUT2D eigenvalue weighted by Gasteiger charge is 2.17. The number of carbonyl (C=O) groups is 1. The summed E-state index contributed by atoms with van der Waals surface area (Å²) in [7, 11) is 0. The Bertz CT molecular complexity index is 1140. The summed E-state index contributed by atoms with van der Waals surface area (Å²) in [5.74, 6) is 1.11. The first-order chi connectivity index (χ1) is 17.7. The summed E-state index contributed by atoms with van der Waals surface area (Å²) < 4.78 is 11.2. The van der Waals surface area contributed by atoms with E-state index in [1.54, 1.807) is 6.21 Å². The Morgan fingerprint density at radius 1 is 0.889 bits per heavy atom. The zero-order valence-electron chi connectivity index (χ0n) is 21.0. The van der Waals surface area contributed by atoms with Crippen LogP contribution in [0.1, 0.15) is 35.3 Å². The zero-order chi connectivity index (χ0) is 25.2. The van der Waals surface area contributed by atoms with Crippen LogP contribution in [0.15, 0.2) is 77.9 Å². The van der Waals surface area contributed by atoms with Crippen LogP contribution in [-0.2, 0) is 6.54 Å². The van der Waals surface area contributed by atoms with Gasteiger partial charge in [0.15, 0.2) is 11.5 Å². The zero-order valence-corrected chi connectivity index (χ0v) is 21.0. The van der Waals surface area contributed by atoms with Crippen LogP contribution >= 0.6 is 0 Å². The molecule has 1 N–H and O–H groups in total. The topological polar surface area (TPSA) is 66.4 Å². The largest absolute Gasteiger partial charge is 0.490 e. The predicted molar refractivity (Wildman–Crippen MR) is 144 cm³/mol. The first kappa shape index (κ1) is 25.3. The lowest BCUT2D eigenvalue weighted by atomic mass is 10.1. The highest BCUT2D eigenvalue weighted by Crippen LogP contribution is 2.28. The molecule has 7 heteroatoms. The van der Waals surface area contributed by atoms with Crippen molar-refractivity contribution in [3.8, 4) is 11.5 Å². The van der Waals surface area contributed by atoms with Gasteiger partial charge in [0.2, 0.25) is 0 Å². The van der Waals surface area contributed by atoms with Crippen LogP contribution in [0.3, 0.4) is 0 Å². The van der Waals surface area contributed by atoms with Crippen LogP contribution in [-0.4, -0.2) is 56.4 Å². The lowest BCUT2D eigenvalue weighted by Gasteiger charge is -2.36. The fraction of sp³-hybridized carbons (Fsp3) is 0.310. The minimum absolute atomic E-state index is 0.245. The molecule has 0 unspecified atom stereocenters. The summed E-state index contributed by atoms with van der Waals surface area (Å²) in [5.41, 5.74) is 6.47. The fourth-order valence-electron chi connectivity index (χ4n) is 4.20. The number of hydrogen-bond donors (Lipinski definition) is 1. The van der Waals surface area contributed by atoms with Crippen LogP contribution in [0, 0.1) is 0 Å². The minimum Gasteiger partial charge on any atom is -0.490 e. The molecule has 3 aromatic rings. The number of nitrogens with one attached hydrogen (secondary N) is 1. The molecule has 0 spiro atoms. The normalized spacial score (nSPS) is 14.1. The van der Waals surface area contributed by atoms with Gasteiger partial charge in [-0.05, 0) is 67.4 Å². The summed E-state index contributed by atoms with van der Waals surface area (Å²) in [6.07, 6.45) is 1.60. The average Bonchev–Trinajstić information content (AvgIpc) is 2.92. The second-order valence-electron chi connectivity index (χ2n) is 8.57. The van der Waals surface area contributed by atoms with E-state index in [0.717, 1.165) is 38.3 Å². The van der Waals surface area contributed by atoms with Gasteiger partial charge in [0, 0.05) is 44.0 Å². The van der Waals surface area contributed by atoms with E-state index in [4.69, 9.17) is 9.47 Å². The Morgan fingerprint density at radius 3 is 2.28 bits per heavy atom. The molecule has 7 nitrogen and oxygen atoms in total. The van der Waals surface area contributed by atoms with E-state index in [0.29, 0.717) is 30.3 Å². The van der Waals surface area contributed by atoms with Crippen molar-refractivity contribution < 1.29 is 14.3 Å². The number of amides is 1. The van der Waals surface area contributed by atoms with Crippen molar-refractivity contribution in [2.24, 2.45) is 5.10 Å². The summed E-state index contributed by atoms with van der Waals surface area (Å²) in [6.45, 7) is 9.90. The summed E-state index contributed by atoms with van der Waals surface area (Å²) in [6, 6.07) is 23.9. The Balaban J connectivity index is 1.26. The van der Waals surface area contributed by atoms with E-state index < -0.39 is 0 Å². The number of hydrazone groups is 1. The molecular weight excluding hydrogens is 452 g/mol. The minimum atomic E-state index is -0.245. The molecule has 0 atom stereocenters. The van der Waals surface area contributed by atoms with E-state index in [1.165, 1.54) is 11.3 Å². The maximum Gasteiger partial charge on any atom is 0.271 e. The number of piperazine rings is 1. The second-order valence-corrected chi connectivity index (χ2v) is 8.57. The van der Waals surface area contributed by atoms with E-state index in [1.807, 2.05) is 56.3 Å². The van der Waals surface area contributed by atoms with Crippen LogP contribution < -0.4 is 19.8 Å². The van der Waals surface area contributed by atoms with Crippen molar-refractivity contribution in [1.29, 1.82) is 0 Å². The lowest BCUT2D eigenvalue weighted by Crippen LogP contribution is -2.45. The van der Waals surface area contributed by atoms with Crippen LogP contribution in [0.5, 0.6) is 11.5 Å². The summed E-state index contributed by atoms with van der Waals surface area (Å²) in [4.78, 5) is 17.4. The highest BCUT2D eigenvalue weighted by atomic mass is 16.5. The predicted octanol–water partition coefficient (Wildman–Crippen LogP) is 4.57. The molecule has 1 fully saturated rings. The highest BCUT2D eigenvalue weighted by molar-refractivity contribution is 5.95. The number of anilines is 1. The molecule has 1 aliphatic heterocycles. The van der Waals surface area contributed by atoms with Gasteiger partial charge in [-0.3, -0.25) is 9.69 Å². The molecular formula is C29H34N4O3. The Morgan fingerprint density at radius 2 is 1.58 bits per heavy atom. The summed E-state index contributed by atoms with van der Waals surface area (Å²) in [5, 5.41) is 4.11. The average molecular weight is 487 g/mol. The smallest absolute Gasteiger partial charge is 0.271 e. The number of rotatable bonds is 10. The number of nitrogens with zero attached hydrogens (tertiary/aromatic N) is 3. The van der Waals surface area contributed by atoms with Crippen molar-refractivity contribution in [1.82, 2.24) is 10.3 Å². The van der Waals surface area contributed by atoms with Crippen molar-refractivity contribution in [2.75, 3.05) is 44.3 Å². The molecule has 0 aromatic heterocycles. The SMILES string of the molecule is CCOc1ccc(/C=N/NC(=O)c2ccc(CN3CCN(c4ccccc4)CC3)cc2)cc1OCC. The van der Waals surface area contributed by atoms with Crippen LogP contribution in [0.2, 0.25) is 0 Å². The molecule has 0 radical (unpaired) electrons. The molecule has 36 heavy (non-hydrogen) atoms. The third-order valence-corrected chi connectivity index (χ3v) is 6.06. The molecule has 1 amide bonds. The molecule has 1 aliphatic rings. The monoisotopic (exact) mass is 486 g/mol. The Labute approximate surface area is 213 Å². The quantitative estimate of drug-likeness (QED) is 0.336. The standard InChI is InChI=1S/C29H34N4O3/c1-3-35-27-15-12-24(20-28(27)36-4-2)21-30-31-29(34)25-13-10-23(11-14-25)22-32-16-18-33(19-17-32)26-8-6-5-7-9-26/h5-15,20-21H,3-4,16-19,22H2,1-2H3,(H,31,34)/b30-21+. The molecule has 188 valence electrons. The molecule has 1 heterocycles. The van der Waals surface area contributed by atoms with Gasteiger partial charge in [0.1, 0.15) is 0 Å². The molecule has 0 saturated carbocycles. The third kappa shape index (κ3) is 6.86. The van der Waals surface area contributed by atoms with Gasteiger partial charge in [0.05, 0.1) is 19.4 Å². The Hall–Kier alpha value is -3.84. The van der Waals surface area contributed by atoms with Gasteiger partial charge in [0.25, 0.3) is 5.91 Å². The van der Waals surface area contributed by atoms with E-state index in [9.17, 15) is 4.79 Å². The van der Waals surface area contributed by atoms with Crippen molar-refractivity contribution in [3.63, 3.8) is 0 Å². The number of hydrogen-bond acceptors (Lipinski definition) is 6.